The molecule has 6 nitrogen and oxygen atoms in total. The van der Waals surface area contributed by atoms with E-state index in [0.717, 1.165) is 43.5 Å². The Bertz CT molecular complexity index is 474. The van der Waals surface area contributed by atoms with Crippen LogP contribution in [0.1, 0.15) is 45.4 Å². The maximum absolute atomic E-state index is 11.8. The van der Waals surface area contributed by atoms with Gasteiger partial charge < -0.3 is 20.4 Å². The summed E-state index contributed by atoms with van der Waals surface area (Å²) in [6.07, 6.45) is 7.79. The van der Waals surface area contributed by atoms with Gasteiger partial charge in [-0.25, -0.2) is 4.99 Å². The van der Waals surface area contributed by atoms with Gasteiger partial charge in [0.15, 0.2) is 5.96 Å². The third kappa shape index (κ3) is 6.69. The second kappa shape index (κ2) is 9.80. The van der Waals surface area contributed by atoms with Crippen LogP contribution in [0, 0.1) is 0 Å². The first-order valence-electron chi connectivity index (χ1n) is 9.59. The van der Waals surface area contributed by atoms with Crippen LogP contribution in [0.4, 0.5) is 0 Å². The predicted molar refractivity (Wildman–Crippen MR) is 104 cm³/mol. The van der Waals surface area contributed by atoms with Gasteiger partial charge in [-0.2, -0.15) is 0 Å². The molecule has 0 unspecified atom stereocenters. The number of carbonyl (C=O) groups is 1. The second-order valence-corrected chi connectivity index (χ2v) is 7.66. The summed E-state index contributed by atoms with van der Waals surface area (Å²) in [7, 11) is 3.51. The maximum Gasteiger partial charge on any atom is 0.243 e. The highest BCUT2D eigenvalue weighted by Gasteiger charge is 2.27. The zero-order valence-electron chi connectivity index (χ0n) is 16.2. The first-order valence-corrected chi connectivity index (χ1v) is 9.59. The fourth-order valence-electron chi connectivity index (χ4n) is 3.55. The number of piperidine rings is 1. The molecule has 0 aromatic carbocycles. The second-order valence-electron chi connectivity index (χ2n) is 7.66. The Morgan fingerprint density at radius 2 is 1.84 bits per heavy atom. The number of carbonyl (C=O) groups excluding carboxylic acids is 1. The first kappa shape index (κ1) is 19.8. The average molecular weight is 350 g/mol. The number of hydrogen-bond acceptors (Lipinski definition) is 3. The number of likely N-dealkylation sites (N-methyl/N-ethyl adjacent to an activating group) is 1. The van der Waals surface area contributed by atoms with Gasteiger partial charge in [-0.05, 0) is 32.6 Å². The summed E-state index contributed by atoms with van der Waals surface area (Å²) in [4.78, 5) is 20.5. The van der Waals surface area contributed by atoms with Crippen molar-refractivity contribution in [3.8, 4) is 0 Å². The van der Waals surface area contributed by atoms with E-state index in [1.807, 2.05) is 6.92 Å². The van der Waals surface area contributed by atoms with Crippen molar-refractivity contribution in [1.29, 1.82) is 0 Å². The van der Waals surface area contributed by atoms with Crippen LogP contribution in [0.5, 0.6) is 0 Å². The van der Waals surface area contributed by atoms with Crippen molar-refractivity contribution in [2.24, 2.45) is 4.99 Å². The molecule has 2 fully saturated rings. The van der Waals surface area contributed by atoms with E-state index in [-0.39, 0.29) is 12.5 Å². The predicted octanol–water partition coefficient (Wildman–Crippen LogP) is 1.59. The highest BCUT2D eigenvalue weighted by molar-refractivity contribution is 5.85. The summed E-state index contributed by atoms with van der Waals surface area (Å²) in [5.74, 6) is 0.727. The topological polar surface area (TPSA) is 60.0 Å². The number of nitrogens with zero attached hydrogens (tertiary/aromatic N) is 3. The van der Waals surface area contributed by atoms with E-state index < -0.39 is 0 Å². The van der Waals surface area contributed by atoms with Crippen LogP contribution in [0.2, 0.25) is 0 Å². The quantitative estimate of drug-likeness (QED) is 0.434. The molecular weight excluding hydrogens is 314 g/mol. The first-order chi connectivity index (χ1) is 12.0. The van der Waals surface area contributed by atoms with E-state index in [0.29, 0.717) is 12.6 Å². The van der Waals surface area contributed by atoms with Crippen LogP contribution in [-0.2, 0) is 4.79 Å². The lowest BCUT2D eigenvalue weighted by molar-refractivity contribution is -0.127. The molecule has 1 amide bonds. The SMILES string of the molecule is C=C(C)CNC(=NCC(=O)N(C)C)NC1CCN(C2CCCC2)CC1. The zero-order chi connectivity index (χ0) is 18.2. The summed E-state index contributed by atoms with van der Waals surface area (Å²) in [5.41, 5.74) is 1.05. The molecule has 2 aliphatic rings. The Morgan fingerprint density at radius 3 is 2.40 bits per heavy atom. The summed E-state index contributed by atoms with van der Waals surface area (Å²) in [6, 6.07) is 1.23. The highest BCUT2D eigenvalue weighted by Crippen LogP contribution is 2.26. The molecule has 142 valence electrons. The van der Waals surface area contributed by atoms with Crippen molar-refractivity contribution in [3.05, 3.63) is 12.2 Å². The maximum atomic E-state index is 11.8. The summed E-state index contributed by atoms with van der Waals surface area (Å²) in [6.45, 7) is 9.06. The molecule has 25 heavy (non-hydrogen) atoms. The third-order valence-electron chi connectivity index (χ3n) is 5.14. The summed E-state index contributed by atoms with van der Waals surface area (Å²) in [5, 5.41) is 6.80. The number of nitrogens with one attached hydrogen (secondary N) is 2. The van der Waals surface area contributed by atoms with E-state index in [2.05, 4.69) is 27.1 Å². The fraction of sp³-hybridized carbons (Fsp3) is 0.789. The molecule has 6 heteroatoms. The van der Waals surface area contributed by atoms with E-state index in [9.17, 15) is 4.79 Å². The number of likely N-dealkylation sites (tertiary alicyclic amines) is 1. The molecule has 2 rings (SSSR count). The molecule has 0 radical (unpaired) electrons. The van der Waals surface area contributed by atoms with Crippen molar-refractivity contribution >= 4 is 11.9 Å². The van der Waals surface area contributed by atoms with Gasteiger partial charge in [0.05, 0.1) is 0 Å². The number of hydrogen-bond donors (Lipinski definition) is 2. The Morgan fingerprint density at radius 1 is 1.20 bits per heavy atom. The van der Waals surface area contributed by atoms with Crippen LogP contribution in [-0.4, -0.2) is 74.0 Å². The highest BCUT2D eigenvalue weighted by atomic mass is 16.2. The van der Waals surface area contributed by atoms with Crippen molar-refractivity contribution in [1.82, 2.24) is 20.4 Å². The minimum atomic E-state index is 0.00692. The van der Waals surface area contributed by atoms with Crippen molar-refractivity contribution in [3.63, 3.8) is 0 Å². The van der Waals surface area contributed by atoms with E-state index >= 15 is 0 Å². The molecular formula is C19H35N5O. The van der Waals surface area contributed by atoms with E-state index in [4.69, 9.17) is 0 Å². The van der Waals surface area contributed by atoms with Gasteiger partial charge in [0.25, 0.3) is 0 Å². The molecule has 2 N–H and O–H groups in total. The molecule has 1 aliphatic heterocycles. The van der Waals surface area contributed by atoms with Gasteiger partial charge in [-0.1, -0.05) is 25.0 Å². The van der Waals surface area contributed by atoms with Gasteiger partial charge in [0.2, 0.25) is 5.91 Å². The van der Waals surface area contributed by atoms with Gasteiger partial charge in [0, 0.05) is 45.8 Å². The van der Waals surface area contributed by atoms with E-state index in [1.165, 1.54) is 25.7 Å². The van der Waals surface area contributed by atoms with Gasteiger partial charge in [-0.15, -0.1) is 0 Å². The largest absolute Gasteiger partial charge is 0.354 e. The van der Waals surface area contributed by atoms with Crippen molar-refractivity contribution in [2.75, 3.05) is 40.3 Å². The lowest BCUT2D eigenvalue weighted by Crippen LogP contribution is -2.50. The summed E-state index contributed by atoms with van der Waals surface area (Å²) < 4.78 is 0. The number of guanidine groups is 1. The molecule has 1 heterocycles. The molecule has 0 aromatic heterocycles. The van der Waals surface area contributed by atoms with Gasteiger partial charge in [0.1, 0.15) is 6.54 Å². The van der Waals surface area contributed by atoms with Crippen molar-refractivity contribution in [2.45, 2.75) is 57.5 Å². The fourth-order valence-corrected chi connectivity index (χ4v) is 3.55. The molecule has 0 aromatic rings. The molecule has 1 saturated heterocycles. The van der Waals surface area contributed by atoms with Gasteiger partial charge >= 0.3 is 0 Å². The molecule has 0 bridgehead atoms. The minimum Gasteiger partial charge on any atom is -0.354 e. The van der Waals surface area contributed by atoms with E-state index in [1.54, 1.807) is 19.0 Å². The summed E-state index contributed by atoms with van der Waals surface area (Å²) >= 11 is 0. The molecule has 1 saturated carbocycles. The molecule has 1 aliphatic carbocycles. The number of amides is 1. The van der Waals surface area contributed by atoms with Crippen LogP contribution in [0.15, 0.2) is 17.1 Å². The normalized spacial score (nSPS) is 20.5. The molecule has 0 atom stereocenters. The van der Waals surface area contributed by atoms with Crippen molar-refractivity contribution < 1.29 is 4.79 Å². The monoisotopic (exact) mass is 349 g/mol. The smallest absolute Gasteiger partial charge is 0.243 e. The Balaban J connectivity index is 1.84. The minimum absolute atomic E-state index is 0.00692. The third-order valence-corrected chi connectivity index (χ3v) is 5.14. The Hall–Kier alpha value is -1.56. The lowest BCUT2D eigenvalue weighted by atomic mass is 10.0. The Labute approximate surface area is 152 Å². The Kier molecular flexibility index (Phi) is 7.75. The van der Waals surface area contributed by atoms with Crippen LogP contribution >= 0.6 is 0 Å². The van der Waals surface area contributed by atoms with Crippen LogP contribution in [0.25, 0.3) is 0 Å². The average Bonchev–Trinajstić information content (AvgIpc) is 3.12. The van der Waals surface area contributed by atoms with Crippen LogP contribution < -0.4 is 10.6 Å². The lowest BCUT2D eigenvalue weighted by Gasteiger charge is -2.36. The van der Waals surface area contributed by atoms with Gasteiger partial charge in [-0.3, -0.25) is 4.79 Å². The molecule has 0 spiro atoms. The number of rotatable bonds is 6. The number of aliphatic imine (C=N–C) groups is 1. The zero-order valence-corrected chi connectivity index (χ0v) is 16.2. The van der Waals surface area contributed by atoms with Crippen LogP contribution in [0.3, 0.4) is 0 Å². The standard InChI is InChI=1S/C19H35N5O/c1-15(2)13-20-19(21-14-18(25)23(3)4)22-16-9-11-24(12-10-16)17-7-5-6-8-17/h16-17H,1,5-14H2,2-4H3,(H2,20,21,22).